The zero-order valence-corrected chi connectivity index (χ0v) is 51.5. The minimum Gasteiger partial charge on any atom is -0.756 e. The summed E-state index contributed by atoms with van der Waals surface area (Å²) >= 11 is 0. The van der Waals surface area contributed by atoms with E-state index in [-0.39, 0.29) is 19.1 Å². The van der Waals surface area contributed by atoms with Crippen molar-refractivity contribution in [2.24, 2.45) is 0 Å². The number of quaternary nitrogens is 1. The van der Waals surface area contributed by atoms with Gasteiger partial charge in [-0.1, -0.05) is 284 Å². The van der Waals surface area contributed by atoms with Crippen molar-refractivity contribution in [2.75, 3.05) is 40.9 Å². The quantitative estimate of drug-likeness (QED) is 0.0272. The number of hydrogen-bond donors (Lipinski definition) is 2. The van der Waals surface area contributed by atoms with Gasteiger partial charge >= 0.3 is 0 Å². The first-order valence-corrected chi connectivity index (χ1v) is 33.2. The Morgan fingerprint density at radius 1 is 0.468 bits per heavy atom. The first-order chi connectivity index (χ1) is 37.5. The van der Waals surface area contributed by atoms with Crippen molar-refractivity contribution in [2.45, 2.75) is 276 Å². The summed E-state index contributed by atoms with van der Waals surface area (Å²) in [6, 6.07) is -0.812. The summed E-state index contributed by atoms with van der Waals surface area (Å²) in [6.45, 7) is 4.61. The molecule has 1 amide bonds. The maximum atomic E-state index is 13.0. The predicted octanol–water partition coefficient (Wildman–Crippen LogP) is 19.3. The van der Waals surface area contributed by atoms with Gasteiger partial charge in [0.15, 0.2) is 0 Å². The number of carbonyl (C=O) groups is 1. The fourth-order valence-electron chi connectivity index (χ4n) is 8.86. The van der Waals surface area contributed by atoms with Gasteiger partial charge in [-0.15, -0.1) is 0 Å². The fourth-order valence-corrected chi connectivity index (χ4v) is 9.58. The van der Waals surface area contributed by atoms with Crippen LogP contribution in [-0.4, -0.2) is 68.5 Å². The van der Waals surface area contributed by atoms with Gasteiger partial charge in [0.05, 0.1) is 39.9 Å². The smallest absolute Gasteiger partial charge is 0.268 e. The summed E-state index contributed by atoms with van der Waals surface area (Å²) in [6.07, 6.45) is 84.1. The molecule has 3 atom stereocenters. The van der Waals surface area contributed by atoms with Gasteiger partial charge in [-0.25, -0.2) is 0 Å². The van der Waals surface area contributed by atoms with Crippen LogP contribution in [0, 0.1) is 0 Å². The summed E-state index contributed by atoms with van der Waals surface area (Å²) in [7, 11) is 1.29. The second-order valence-corrected chi connectivity index (χ2v) is 23.8. The zero-order valence-electron chi connectivity index (χ0n) is 50.6. The third-order valence-corrected chi connectivity index (χ3v) is 14.7. The van der Waals surface area contributed by atoms with Crippen LogP contribution in [0.2, 0.25) is 0 Å². The molecule has 444 valence electrons. The lowest BCUT2D eigenvalue weighted by atomic mass is 10.0. The van der Waals surface area contributed by atoms with Gasteiger partial charge < -0.3 is 28.8 Å². The van der Waals surface area contributed by atoms with Crippen LogP contribution in [0.25, 0.3) is 0 Å². The summed E-state index contributed by atoms with van der Waals surface area (Å²) in [5.41, 5.74) is 0. The third-order valence-electron chi connectivity index (χ3n) is 13.8. The van der Waals surface area contributed by atoms with E-state index < -0.39 is 20.0 Å². The summed E-state index contributed by atoms with van der Waals surface area (Å²) in [5, 5.41) is 14.0. The first kappa shape index (κ1) is 74.2. The molecule has 0 rings (SSSR count). The fraction of sp³-hybridized carbons (Fsp3) is 0.721. The molecule has 0 fully saturated rings. The molecular weight excluding hydrogens is 972 g/mol. The number of nitrogens with zero attached hydrogens (tertiary/aromatic N) is 1. The number of aliphatic hydroxyl groups excluding tert-OH is 1. The molecule has 0 aromatic heterocycles. The highest BCUT2D eigenvalue weighted by Gasteiger charge is 2.24. The minimum atomic E-state index is -4.58. The lowest BCUT2D eigenvalue weighted by molar-refractivity contribution is -0.870. The van der Waals surface area contributed by atoms with Crippen molar-refractivity contribution in [1.82, 2.24) is 5.32 Å². The molecule has 0 heterocycles. The molecule has 2 N–H and O–H groups in total. The molecule has 0 aromatic carbocycles. The Kier molecular flexibility index (Phi) is 55.7. The van der Waals surface area contributed by atoms with E-state index in [4.69, 9.17) is 9.05 Å². The topological polar surface area (TPSA) is 108 Å². The number of phosphoric ester groups is 1. The molecule has 3 unspecified atom stereocenters. The van der Waals surface area contributed by atoms with Crippen molar-refractivity contribution in [3.8, 4) is 0 Å². The van der Waals surface area contributed by atoms with E-state index in [1.165, 1.54) is 135 Å². The first-order valence-electron chi connectivity index (χ1n) is 31.7. The highest BCUT2D eigenvalue weighted by molar-refractivity contribution is 7.45. The normalized spacial score (nSPS) is 14.5. The second-order valence-electron chi connectivity index (χ2n) is 22.4. The Balaban J connectivity index is 4.12. The van der Waals surface area contributed by atoms with Gasteiger partial charge in [0.25, 0.3) is 7.82 Å². The SMILES string of the molecule is CC/C=C\C/C=C\C/C=C\C/C=C\C/C=C\C/C=C\C/C=C\C/C=C\C/C=C\CCCCCCCCCCCC(=O)NC(COP(=O)([O-])OCC[N+](C)(C)C)C(O)CCCCCCCCCCCCCCCCCCCC. The summed E-state index contributed by atoms with van der Waals surface area (Å²) in [5.74, 6) is -0.173. The van der Waals surface area contributed by atoms with E-state index in [0.717, 1.165) is 103 Å². The van der Waals surface area contributed by atoms with E-state index in [1.54, 1.807) is 0 Å². The molecule has 0 spiro atoms. The van der Waals surface area contributed by atoms with Gasteiger partial charge in [-0.3, -0.25) is 9.36 Å². The van der Waals surface area contributed by atoms with Crippen LogP contribution < -0.4 is 10.2 Å². The van der Waals surface area contributed by atoms with Crippen LogP contribution in [0.3, 0.4) is 0 Å². The van der Waals surface area contributed by atoms with Gasteiger partial charge in [-0.2, -0.15) is 0 Å². The number of likely N-dealkylation sites (N-methyl/N-ethyl adjacent to an activating group) is 1. The Morgan fingerprint density at radius 2 is 0.792 bits per heavy atom. The standard InChI is InChI=1S/C68H121N2O6P/c1-6-8-10-12-14-16-18-20-22-24-26-27-28-29-30-31-32-33-34-35-36-37-38-39-40-41-42-43-44-46-48-50-52-54-56-58-60-62-68(72)69-66(65-76-77(73,74)75-64-63-70(3,4)5)67(71)61-59-57-55-53-51-49-47-45-25-23-21-19-17-15-13-11-9-7-2/h8,10,14,16,20,22,26-27,29-30,32-33,35-36,38-39,41-42,66-67,71H,6-7,9,11-13,15,17-19,21,23-25,28,31,34,37,40,43-65H2,1-5H3,(H-,69,72,73,74)/b10-8-,16-14-,22-20-,27-26-,30-29-,33-32-,36-35-,39-38-,42-41-. The molecule has 0 saturated heterocycles. The number of carbonyl (C=O) groups excluding carboxylic acids is 1. The molecule has 0 aromatic rings. The average molecular weight is 1090 g/mol. The van der Waals surface area contributed by atoms with Crippen LogP contribution in [-0.2, 0) is 18.4 Å². The highest BCUT2D eigenvalue weighted by atomic mass is 31.2. The van der Waals surface area contributed by atoms with Gasteiger partial charge in [-0.05, 0) is 83.5 Å². The number of nitrogens with one attached hydrogen (secondary N) is 1. The molecule has 0 aliphatic carbocycles. The Morgan fingerprint density at radius 3 is 1.16 bits per heavy atom. The molecule has 0 saturated carbocycles. The minimum absolute atomic E-state index is 0.00653. The van der Waals surface area contributed by atoms with Crippen molar-refractivity contribution < 1.29 is 32.9 Å². The van der Waals surface area contributed by atoms with Crippen LogP contribution >= 0.6 is 7.82 Å². The van der Waals surface area contributed by atoms with E-state index in [1.807, 2.05) is 21.1 Å². The molecule has 9 heteroatoms. The molecule has 8 nitrogen and oxygen atoms in total. The van der Waals surface area contributed by atoms with E-state index in [9.17, 15) is 19.4 Å². The number of aliphatic hydroxyl groups is 1. The number of allylic oxidation sites excluding steroid dienone is 18. The van der Waals surface area contributed by atoms with Crippen molar-refractivity contribution in [3.63, 3.8) is 0 Å². The molecule has 0 radical (unpaired) electrons. The van der Waals surface area contributed by atoms with Crippen LogP contribution in [0.15, 0.2) is 109 Å². The molecule has 0 aliphatic heterocycles. The van der Waals surface area contributed by atoms with Gasteiger partial charge in [0, 0.05) is 6.42 Å². The van der Waals surface area contributed by atoms with Crippen LogP contribution in [0.5, 0.6) is 0 Å². The van der Waals surface area contributed by atoms with E-state index in [0.29, 0.717) is 23.9 Å². The Labute approximate surface area is 476 Å². The second kappa shape index (κ2) is 57.8. The number of hydrogen-bond acceptors (Lipinski definition) is 6. The molecular formula is C68H121N2O6P. The largest absolute Gasteiger partial charge is 0.756 e. The number of unbranched alkanes of at least 4 members (excludes halogenated alkanes) is 26. The monoisotopic (exact) mass is 1090 g/mol. The van der Waals surface area contributed by atoms with E-state index >= 15 is 0 Å². The molecule has 0 aliphatic rings. The van der Waals surface area contributed by atoms with Gasteiger partial charge in [0.2, 0.25) is 5.91 Å². The maximum Gasteiger partial charge on any atom is 0.268 e. The van der Waals surface area contributed by atoms with Gasteiger partial charge in [0.1, 0.15) is 13.2 Å². The average Bonchev–Trinajstić information content (AvgIpc) is 3.39. The lowest BCUT2D eigenvalue weighted by Crippen LogP contribution is -2.46. The van der Waals surface area contributed by atoms with Crippen molar-refractivity contribution >= 4 is 13.7 Å². The Hall–Kier alpha value is -2.84. The highest BCUT2D eigenvalue weighted by Crippen LogP contribution is 2.38. The lowest BCUT2D eigenvalue weighted by Gasteiger charge is -2.30. The van der Waals surface area contributed by atoms with Crippen LogP contribution in [0.1, 0.15) is 264 Å². The van der Waals surface area contributed by atoms with E-state index in [2.05, 4.69) is 129 Å². The zero-order chi connectivity index (χ0) is 56.3. The van der Waals surface area contributed by atoms with Crippen LogP contribution in [0.4, 0.5) is 0 Å². The molecule has 0 bridgehead atoms. The maximum absolute atomic E-state index is 13.0. The number of phosphoric acid groups is 1. The predicted molar refractivity (Wildman–Crippen MR) is 334 cm³/mol. The van der Waals surface area contributed by atoms with Crippen molar-refractivity contribution in [1.29, 1.82) is 0 Å². The number of amides is 1. The summed E-state index contributed by atoms with van der Waals surface area (Å²) < 4.78 is 23.5. The molecule has 77 heavy (non-hydrogen) atoms. The number of rotatable bonds is 57. The van der Waals surface area contributed by atoms with Crippen molar-refractivity contribution in [3.05, 3.63) is 109 Å². The summed E-state index contributed by atoms with van der Waals surface area (Å²) in [4.78, 5) is 25.6. The Bertz CT molecular complexity index is 1620. The third kappa shape index (κ3) is 60.6.